The number of rotatable bonds is 0. The number of allylic oxidation sites excluding steroid dienone is 2. The van der Waals surface area contributed by atoms with E-state index >= 15 is 0 Å². The van der Waals surface area contributed by atoms with Gasteiger partial charge in [0.25, 0.3) is 0 Å². The minimum absolute atomic E-state index is 0.156. The third-order valence-electron chi connectivity index (χ3n) is 5.96. The van der Waals surface area contributed by atoms with Gasteiger partial charge in [-0.3, -0.25) is 14.8 Å². The minimum atomic E-state index is -0.265. The lowest BCUT2D eigenvalue weighted by atomic mass is 9.68. The van der Waals surface area contributed by atoms with Gasteiger partial charge in [-0.15, -0.1) is 11.8 Å². The minimum Gasteiger partial charge on any atom is -0.504 e. The van der Waals surface area contributed by atoms with E-state index < -0.39 is 0 Å². The molecular formula is C18H14BrN3O2S. The summed E-state index contributed by atoms with van der Waals surface area (Å²) in [6, 6.07) is 0. The van der Waals surface area contributed by atoms with E-state index in [2.05, 4.69) is 32.3 Å². The molecule has 0 aromatic heterocycles. The van der Waals surface area contributed by atoms with Crippen molar-refractivity contribution in [2.75, 3.05) is 11.9 Å². The Morgan fingerprint density at radius 1 is 1.44 bits per heavy atom. The highest BCUT2D eigenvalue weighted by Gasteiger charge is 2.56. The SMILES string of the molecule is O=C1C[C@@H]2S[C@@H]3C[C@@]2(C=C1Br)c1c(c(O)c2c4c1=NCCC=4C=N2)N3. The number of nitrogens with one attached hydrogen (secondary N) is 1. The molecule has 3 atom stereocenters. The zero-order valence-electron chi connectivity index (χ0n) is 13.2. The largest absolute Gasteiger partial charge is 0.504 e. The first-order valence-electron chi connectivity index (χ1n) is 8.43. The number of ketones is 1. The van der Waals surface area contributed by atoms with Crippen LogP contribution in [0.4, 0.5) is 11.4 Å². The van der Waals surface area contributed by atoms with Crippen LogP contribution >= 0.6 is 27.7 Å². The normalized spacial score (nSPS) is 33.2. The van der Waals surface area contributed by atoms with Gasteiger partial charge in [0.2, 0.25) is 0 Å². The van der Waals surface area contributed by atoms with Gasteiger partial charge in [0.05, 0.1) is 20.9 Å². The van der Waals surface area contributed by atoms with Crippen LogP contribution in [0.3, 0.4) is 0 Å². The van der Waals surface area contributed by atoms with Crippen molar-refractivity contribution in [3.63, 3.8) is 0 Å². The third kappa shape index (κ3) is 1.64. The van der Waals surface area contributed by atoms with Crippen LogP contribution in [-0.2, 0) is 10.2 Å². The maximum absolute atomic E-state index is 12.3. The first kappa shape index (κ1) is 14.6. The summed E-state index contributed by atoms with van der Waals surface area (Å²) >= 11 is 5.28. The Balaban J connectivity index is 1.79. The molecule has 4 aliphatic heterocycles. The summed E-state index contributed by atoms with van der Waals surface area (Å²) in [6.07, 6.45) is 6.24. The number of phenolic OH excluding ortho intramolecular Hbond substituents is 1. The van der Waals surface area contributed by atoms with Crippen molar-refractivity contribution in [3.8, 4) is 5.75 Å². The number of carbonyl (C=O) groups excluding carboxylic acids is 1. The van der Waals surface area contributed by atoms with Crippen molar-refractivity contribution in [1.82, 2.24) is 0 Å². The van der Waals surface area contributed by atoms with E-state index in [4.69, 9.17) is 4.99 Å². The van der Waals surface area contributed by atoms with Gasteiger partial charge in [0, 0.05) is 40.6 Å². The molecule has 1 spiro atoms. The van der Waals surface area contributed by atoms with Gasteiger partial charge in [-0.1, -0.05) is 6.08 Å². The second-order valence-electron chi connectivity index (χ2n) is 7.21. The average Bonchev–Trinajstić information content (AvgIpc) is 3.13. The van der Waals surface area contributed by atoms with Crippen molar-refractivity contribution in [3.05, 3.63) is 26.7 Å². The van der Waals surface area contributed by atoms with Crippen molar-refractivity contribution < 1.29 is 9.90 Å². The lowest BCUT2D eigenvalue weighted by Crippen LogP contribution is -2.48. The molecule has 1 fully saturated rings. The monoisotopic (exact) mass is 415 g/mol. The number of anilines is 1. The molecule has 5 nitrogen and oxygen atoms in total. The first-order valence-corrected chi connectivity index (χ1v) is 10.2. The fraction of sp³-hybridized carbons (Fsp3) is 0.389. The Morgan fingerprint density at radius 3 is 3.20 bits per heavy atom. The van der Waals surface area contributed by atoms with Crippen molar-refractivity contribution >= 4 is 56.6 Å². The summed E-state index contributed by atoms with van der Waals surface area (Å²) < 4.78 is 0.654. The summed E-state index contributed by atoms with van der Waals surface area (Å²) in [6.45, 7) is 0.742. The summed E-state index contributed by atoms with van der Waals surface area (Å²) in [5, 5.41) is 16.8. The molecule has 2 bridgehead atoms. The first-order chi connectivity index (χ1) is 12.1. The van der Waals surface area contributed by atoms with Gasteiger partial charge in [-0.25, -0.2) is 0 Å². The summed E-state index contributed by atoms with van der Waals surface area (Å²) in [4.78, 5) is 21.6. The van der Waals surface area contributed by atoms with Gasteiger partial charge in [0.15, 0.2) is 11.5 Å². The van der Waals surface area contributed by atoms with Crippen LogP contribution in [0.25, 0.3) is 5.57 Å². The lowest BCUT2D eigenvalue weighted by Gasteiger charge is -2.39. The van der Waals surface area contributed by atoms with Crippen LogP contribution in [-0.4, -0.2) is 34.3 Å². The maximum atomic E-state index is 12.3. The summed E-state index contributed by atoms with van der Waals surface area (Å²) in [7, 11) is 0. The number of hydrogen-bond acceptors (Lipinski definition) is 6. The fourth-order valence-electron chi connectivity index (χ4n) is 4.92. The number of halogens is 1. The number of Topliss-reactive ketones (excluding diaryl/α,β-unsaturated/α-hetero) is 1. The van der Waals surface area contributed by atoms with Crippen LogP contribution in [0.2, 0.25) is 0 Å². The average molecular weight is 416 g/mol. The molecular weight excluding hydrogens is 402 g/mol. The molecule has 1 saturated heterocycles. The van der Waals surface area contributed by atoms with E-state index in [1.807, 2.05) is 6.21 Å². The third-order valence-corrected chi connectivity index (χ3v) is 8.16. The Kier molecular flexibility index (Phi) is 2.66. The number of phenols is 1. The predicted molar refractivity (Wildman–Crippen MR) is 102 cm³/mol. The Labute approximate surface area is 156 Å². The maximum Gasteiger partial charge on any atom is 0.170 e. The van der Waals surface area contributed by atoms with E-state index in [1.54, 1.807) is 11.8 Å². The number of thioether (sulfide) groups is 1. The van der Waals surface area contributed by atoms with Crippen molar-refractivity contribution in [2.45, 2.75) is 35.3 Å². The van der Waals surface area contributed by atoms with E-state index in [0.29, 0.717) is 16.6 Å². The van der Waals surface area contributed by atoms with Gasteiger partial charge >= 0.3 is 0 Å². The summed E-state index contributed by atoms with van der Waals surface area (Å²) in [5.74, 6) is 0.382. The van der Waals surface area contributed by atoms with E-state index in [1.165, 1.54) is 0 Å². The van der Waals surface area contributed by atoms with Gasteiger partial charge < -0.3 is 10.4 Å². The lowest BCUT2D eigenvalue weighted by molar-refractivity contribution is -0.115. The molecule has 6 rings (SSSR count). The smallest absolute Gasteiger partial charge is 0.170 e. The van der Waals surface area contributed by atoms with E-state index in [9.17, 15) is 9.90 Å². The molecule has 0 amide bonds. The van der Waals surface area contributed by atoms with Gasteiger partial charge in [-0.2, -0.15) is 0 Å². The van der Waals surface area contributed by atoms with Crippen LogP contribution < -0.4 is 15.9 Å². The molecule has 0 radical (unpaired) electrons. The van der Waals surface area contributed by atoms with Gasteiger partial charge in [0.1, 0.15) is 5.69 Å². The number of fused-ring (bicyclic) bond motifs is 3. The number of hydrogen-bond donors (Lipinski definition) is 2. The Bertz CT molecular complexity index is 1080. The van der Waals surface area contributed by atoms with Crippen LogP contribution in [0.1, 0.15) is 24.8 Å². The highest BCUT2D eigenvalue weighted by atomic mass is 79.9. The molecule has 4 heterocycles. The molecule has 126 valence electrons. The molecule has 1 aromatic carbocycles. The Morgan fingerprint density at radius 2 is 2.32 bits per heavy atom. The van der Waals surface area contributed by atoms with E-state index in [0.717, 1.165) is 46.8 Å². The molecule has 2 N–H and O–H groups in total. The highest BCUT2D eigenvalue weighted by Crippen LogP contribution is 2.60. The molecule has 1 aromatic rings. The highest BCUT2D eigenvalue weighted by molar-refractivity contribution is 9.12. The van der Waals surface area contributed by atoms with E-state index in [-0.39, 0.29) is 27.6 Å². The second-order valence-corrected chi connectivity index (χ2v) is 9.47. The van der Waals surface area contributed by atoms with Crippen LogP contribution in [0, 0.1) is 0 Å². The Hall–Kier alpha value is -1.60. The number of aromatic hydroxyl groups is 1. The van der Waals surface area contributed by atoms with Gasteiger partial charge in [-0.05, 0) is 34.3 Å². The topological polar surface area (TPSA) is 74.0 Å². The quantitative estimate of drug-likeness (QED) is 0.635. The molecule has 1 aliphatic carbocycles. The van der Waals surface area contributed by atoms with Crippen LogP contribution in [0.15, 0.2) is 20.5 Å². The number of nitrogens with zero attached hydrogens (tertiary/aromatic N) is 2. The standard InChI is InChI=1S/C18H14BrN3O2S/c19-8-4-18-5-11(25-10(18)3-9(8)23)22-16-13(18)14-12-7(1-2-20-14)6-21-15(12)17(16)24/h4,6,10-11,22,24H,1-3,5H2/t10-,11+,18+/m0/s1. The molecule has 0 unspecified atom stereocenters. The molecule has 0 saturated carbocycles. The number of carbonyl (C=O) groups is 1. The fourth-order valence-corrected chi connectivity index (χ4v) is 7.22. The zero-order chi connectivity index (χ0) is 16.9. The zero-order valence-corrected chi connectivity index (χ0v) is 15.6. The molecule has 7 heteroatoms. The number of benzene rings is 1. The number of aliphatic imine (C=N–C) groups is 1. The van der Waals surface area contributed by atoms with Crippen LogP contribution in [0.5, 0.6) is 5.75 Å². The predicted octanol–water partition coefficient (Wildman–Crippen LogP) is 2.03. The van der Waals surface area contributed by atoms with Crippen molar-refractivity contribution in [2.24, 2.45) is 9.98 Å². The molecule has 5 aliphatic rings. The second kappa shape index (κ2) is 4.57. The molecule has 25 heavy (non-hydrogen) atoms. The van der Waals surface area contributed by atoms with Crippen molar-refractivity contribution in [1.29, 1.82) is 0 Å². The summed E-state index contributed by atoms with van der Waals surface area (Å²) in [5.41, 5.74) is 3.36.